The third-order valence-electron chi connectivity index (χ3n) is 3.11. The zero-order chi connectivity index (χ0) is 17.5. The van der Waals surface area contributed by atoms with Gasteiger partial charge in [-0.15, -0.1) is 0 Å². The highest BCUT2D eigenvalue weighted by Crippen LogP contribution is 2.15. The molecule has 0 fully saturated rings. The maximum absolute atomic E-state index is 11.8. The van der Waals surface area contributed by atoms with Crippen molar-refractivity contribution in [3.8, 4) is 5.75 Å². The number of rotatable bonds is 7. The van der Waals surface area contributed by atoms with Crippen LogP contribution in [0.3, 0.4) is 0 Å². The lowest BCUT2D eigenvalue weighted by Crippen LogP contribution is -2.39. The van der Waals surface area contributed by atoms with Crippen LogP contribution < -0.4 is 15.0 Å². The number of amides is 2. The second-order valence-electron chi connectivity index (χ2n) is 5.06. The van der Waals surface area contributed by atoms with Gasteiger partial charge in [0.25, 0.3) is 5.91 Å². The molecule has 0 spiro atoms. The summed E-state index contributed by atoms with van der Waals surface area (Å²) in [6, 6.07) is 8.38. The molecule has 2 amide bonds. The van der Waals surface area contributed by atoms with Gasteiger partial charge in [0, 0.05) is 31.1 Å². The molecule has 24 heavy (non-hydrogen) atoms. The van der Waals surface area contributed by atoms with Gasteiger partial charge in [0.2, 0.25) is 5.91 Å². The van der Waals surface area contributed by atoms with Gasteiger partial charge in [-0.25, -0.2) is 0 Å². The summed E-state index contributed by atoms with van der Waals surface area (Å²) in [7, 11) is 0. The van der Waals surface area contributed by atoms with Crippen LogP contribution in [0.25, 0.3) is 0 Å². The van der Waals surface area contributed by atoms with Crippen molar-refractivity contribution < 1.29 is 18.8 Å². The van der Waals surface area contributed by atoms with Gasteiger partial charge in [0.1, 0.15) is 11.5 Å². The number of hydrogen-bond acceptors (Lipinski definition) is 5. The Hall–Kier alpha value is -2.54. The van der Waals surface area contributed by atoms with Crippen LogP contribution in [0.1, 0.15) is 12.7 Å². The smallest absolute Gasteiger partial charge is 0.258 e. The topological polar surface area (TPSA) is 84.7 Å². The Labute approximate surface area is 144 Å². The van der Waals surface area contributed by atoms with E-state index in [-0.39, 0.29) is 31.5 Å². The van der Waals surface area contributed by atoms with E-state index in [1.54, 1.807) is 37.3 Å². The SMILES string of the molecule is CC(=O)N(CCNC(=O)COc1ccc(Cl)cc1)c1cc(C)on1. The maximum Gasteiger partial charge on any atom is 0.258 e. The van der Waals surface area contributed by atoms with Gasteiger partial charge in [0.15, 0.2) is 12.4 Å². The number of anilines is 1. The summed E-state index contributed by atoms with van der Waals surface area (Å²) in [6.07, 6.45) is 0. The van der Waals surface area contributed by atoms with Gasteiger partial charge in [-0.1, -0.05) is 16.8 Å². The van der Waals surface area contributed by atoms with Crippen molar-refractivity contribution in [1.82, 2.24) is 10.5 Å². The average molecular weight is 352 g/mol. The third-order valence-corrected chi connectivity index (χ3v) is 3.37. The molecule has 0 saturated heterocycles. The summed E-state index contributed by atoms with van der Waals surface area (Å²) in [6.45, 7) is 3.60. The molecule has 0 bridgehead atoms. The van der Waals surface area contributed by atoms with Gasteiger partial charge in [-0.3, -0.25) is 14.5 Å². The minimum Gasteiger partial charge on any atom is -0.484 e. The van der Waals surface area contributed by atoms with Crippen molar-refractivity contribution in [2.45, 2.75) is 13.8 Å². The predicted molar refractivity (Wildman–Crippen MR) is 89.2 cm³/mol. The molecule has 0 radical (unpaired) electrons. The Morgan fingerprint density at radius 2 is 2.04 bits per heavy atom. The first-order valence-electron chi connectivity index (χ1n) is 7.32. The normalized spacial score (nSPS) is 10.3. The first kappa shape index (κ1) is 17.8. The molecule has 7 nitrogen and oxygen atoms in total. The molecule has 8 heteroatoms. The highest BCUT2D eigenvalue weighted by Gasteiger charge is 2.15. The Balaban J connectivity index is 1.76. The Morgan fingerprint density at radius 1 is 1.33 bits per heavy atom. The van der Waals surface area contributed by atoms with Gasteiger partial charge < -0.3 is 14.6 Å². The fourth-order valence-electron chi connectivity index (χ4n) is 1.95. The Bertz CT molecular complexity index is 700. The Morgan fingerprint density at radius 3 is 2.62 bits per heavy atom. The molecule has 0 atom stereocenters. The molecule has 0 saturated carbocycles. The number of nitrogens with one attached hydrogen (secondary N) is 1. The first-order valence-corrected chi connectivity index (χ1v) is 7.70. The van der Waals surface area contributed by atoms with E-state index >= 15 is 0 Å². The number of hydrogen-bond donors (Lipinski definition) is 1. The molecule has 0 unspecified atom stereocenters. The van der Waals surface area contributed by atoms with Crippen LogP contribution >= 0.6 is 11.6 Å². The van der Waals surface area contributed by atoms with Crippen LogP contribution in [0.2, 0.25) is 5.02 Å². The van der Waals surface area contributed by atoms with E-state index < -0.39 is 0 Å². The van der Waals surface area contributed by atoms with Gasteiger partial charge in [-0.05, 0) is 31.2 Å². The van der Waals surface area contributed by atoms with E-state index in [9.17, 15) is 9.59 Å². The van der Waals surface area contributed by atoms with E-state index in [0.717, 1.165) is 0 Å². The molecule has 128 valence electrons. The number of carbonyl (C=O) groups is 2. The molecule has 1 N–H and O–H groups in total. The summed E-state index contributed by atoms with van der Waals surface area (Å²) < 4.78 is 10.3. The van der Waals surface area contributed by atoms with Crippen LogP contribution in [0.15, 0.2) is 34.9 Å². The monoisotopic (exact) mass is 351 g/mol. The lowest BCUT2D eigenvalue weighted by atomic mass is 10.3. The van der Waals surface area contributed by atoms with E-state index in [4.69, 9.17) is 20.9 Å². The molecule has 1 aromatic heterocycles. The number of aromatic nitrogens is 1. The zero-order valence-electron chi connectivity index (χ0n) is 13.4. The molecule has 1 aromatic carbocycles. The maximum atomic E-state index is 11.8. The Kier molecular flexibility index (Phi) is 6.20. The van der Waals surface area contributed by atoms with Crippen molar-refractivity contribution in [3.05, 3.63) is 41.1 Å². The molecular formula is C16H18ClN3O4. The zero-order valence-corrected chi connectivity index (χ0v) is 14.2. The molecule has 0 aliphatic heterocycles. The van der Waals surface area contributed by atoms with Crippen molar-refractivity contribution >= 4 is 29.2 Å². The van der Waals surface area contributed by atoms with Crippen LogP contribution in [0.4, 0.5) is 5.82 Å². The van der Waals surface area contributed by atoms with Crippen molar-refractivity contribution in [2.75, 3.05) is 24.6 Å². The standard InChI is InChI=1S/C16H18ClN3O4/c1-11-9-15(19-24-11)20(12(2)21)8-7-18-16(22)10-23-14-5-3-13(17)4-6-14/h3-6,9H,7-8,10H2,1-2H3,(H,18,22). The summed E-state index contributed by atoms with van der Waals surface area (Å²) in [5, 5.41) is 7.08. The fraction of sp³-hybridized carbons (Fsp3) is 0.312. The number of aryl methyl sites for hydroxylation is 1. The molecule has 2 rings (SSSR count). The van der Waals surface area contributed by atoms with Gasteiger partial charge in [0.05, 0.1) is 0 Å². The second-order valence-corrected chi connectivity index (χ2v) is 5.50. The quantitative estimate of drug-likeness (QED) is 0.826. The number of halogens is 1. The third kappa shape index (κ3) is 5.27. The van der Waals surface area contributed by atoms with E-state index in [2.05, 4.69) is 10.5 Å². The average Bonchev–Trinajstić information content (AvgIpc) is 2.96. The van der Waals surface area contributed by atoms with E-state index in [0.29, 0.717) is 22.4 Å². The molecule has 0 aliphatic rings. The number of nitrogens with zero attached hydrogens (tertiary/aromatic N) is 2. The number of ether oxygens (including phenoxy) is 1. The van der Waals surface area contributed by atoms with Gasteiger partial charge in [-0.2, -0.15) is 0 Å². The number of benzene rings is 1. The minimum atomic E-state index is -0.287. The molecule has 1 heterocycles. The fourth-order valence-corrected chi connectivity index (χ4v) is 2.08. The summed E-state index contributed by atoms with van der Waals surface area (Å²) >= 11 is 5.77. The molecule has 2 aromatic rings. The number of carbonyl (C=O) groups excluding carboxylic acids is 2. The summed E-state index contributed by atoms with van der Waals surface area (Å²) in [5.41, 5.74) is 0. The summed E-state index contributed by atoms with van der Waals surface area (Å²) in [5.74, 6) is 1.11. The largest absolute Gasteiger partial charge is 0.484 e. The van der Waals surface area contributed by atoms with Crippen molar-refractivity contribution in [2.24, 2.45) is 0 Å². The second kappa shape index (κ2) is 8.35. The summed E-state index contributed by atoms with van der Waals surface area (Å²) in [4.78, 5) is 24.9. The van der Waals surface area contributed by atoms with Crippen molar-refractivity contribution in [1.29, 1.82) is 0 Å². The van der Waals surface area contributed by atoms with Crippen LogP contribution in [0.5, 0.6) is 5.75 Å². The molecular weight excluding hydrogens is 334 g/mol. The molecule has 0 aliphatic carbocycles. The first-order chi connectivity index (χ1) is 11.5. The highest BCUT2D eigenvalue weighted by molar-refractivity contribution is 6.30. The lowest BCUT2D eigenvalue weighted by Gasteiger charge is -2.17. The van der Waals surface area contributed by atoms with Gasteiger partial charge >= 0.3 is 0 Å². The minimum absolute atomic E-state index is 0.120. The highest BCUT2D eigenvalue weighted by atomic mass is 35.5. The van der Waals surface area contributed by atoms with Crippen LogP contribution in [-0.2, 0) is 9.59 Å². The van der Waals surface area contributed by atoms with Crippen molar-refractivity contribution in [3.63, 3.8) is 0 Å². The van der Waals surface area contributed by atoms with E-state index in [1.807, 2.05) is 0 Å². The van der Waals surface area contributed by atoms with Crippen LogP contribution in [0, 0.1) is 6.92 Å². The predicted octanol–water partition coefficient (Wildman–Crippen LogP) is 2.18. The van der Waals surface area contributed by atoms with E-state index in [1.165, 1.54) is 11.8 Å². The lowest BCUT2D eigenvalue weighted by molar-refractivity contribution is -0.123. The van der Waals surface area contributed by atoms with Crippen LogP contribution in [-0.4, -0.2) is 36.7 Å².